The molecule has 1 amide bonds. The fourth-order valence-electron chi connectivity index (χ4n) is 6.57. The Bertz CT molecular complexity index is 507. The monoisotopic (exact) mass is 336 g/mol. The molecule has 0 aromatic rings. The van der Waals surface area contributed by atoms with Crippen LogP contribution >= 0.6 is 0 Å². The minimum atomic E-state index is -0.586. The first-order chi connectivity index (χ1) is 11.5. The van der Waals surface area contributed by atoms with Gasteiger partial charge in [-0.2, -0.15) is 0 Å². The predicted octanol–water partition coefficient (Wildman–Crippen LogP) is 1.55. The van der Waals surface area contributed by atoms with Crippen molar-refractivity contribution < 1.29 is 14.6 Å². The number of hydrogen-bond acceptors (Lipinski definition) is 4. The molecule has 136 valence electrons. The van der Waals surface area contributed by atoms with Crippen molar-refractivity contribution in [2.75, 3.05) is 39.4 Å². The molecular weight excluding hydrogens is 304 g/mol. The van der Waals surface area contributed by atoms with Crippen LogP contribution in [0.1, 0.15) is 51.9 Å². The first kappa shape index (κ1) is 16.8. The van der Waals surface area contributed by atoms with Crippen molar-refractivity contribution in [3.05, 3.63) is 0 Å². The maximum absolute atomic E-state index is 13.1. The Hall–Kier alpha value is -0.650. The summed E-state index contributed by atoms with van der Waals surface area (Å²) in [4.78, 5) is 15.4. The summed E-state index contributed by atoms with van der Waals surface area (Å²) in [6, 6.07) is 0. The fourth-order valence-corrected chi connectivity index (χ4v) is 6.57. The van der Waals surface area contributed by atoms with Crippen LogP contribution in [-0.2, 0) is 9.53 Å². The second kappa shape index (κ2) is 5.96. The van der Waals surface area contributed by atoms with Crippen molar-refractivity contribution in [2.24, 2.45) is 16.7 Å². The largest absolute Gasteiger partial charge is 0.390 e. The molecule has 5 rings (SSSR count). The van der Waals surface area contributed by atoms with E-state index in [1.165, 1.54) is 6.42 Å². The van der Waals surface area contributed by atoms with Gasteiger partial charge in [-0.05, 0) is 49.9 Å². The fraction of sp³-hybridized carbons (Fsp3) is 0.947. The standard InChI is InChI=1S/C19H32N2O3/c1-2-17-9-15-10-18(12-17,14-19(23,11-15)13-17)16(22)20-3-4-21-5-7-24-8-6-21/h15,23H,2-14H2,1H3,(H,20,22). The highest BCUT2D eigenvalue weighted by Crippen LogP contribution is 2.67. The van der Waals surface area contributed by atoms with Crippen molar-refractivity contribution in [1.29, 1.82) is 0 Å². The summed E-state index contributed by atoms with van der Waals surface area (Å²) in [6.07, 6.45) is 6.79. The zero-order valence-corrected chi connectivity index (χ0v) is 15.0. The van der Waals surface area contributed by atoms with Crippen LogP contribution in [0.5, 0.6) is 0 Å². The van der Waals surface area contributed by atoms with E-state index < -0.39 is 5.60 Å². The van der Waals surface area contributed by atoms with Crippen LogP contribution in [0.3, 0.4) is 0 Å². The van der Waals surface area contributed by atoms with Gasteiger partial charge in [0.2, 0.25) is 5.91 Å². The number of amides is 1. The Morgan fingerprint density at radius 2 is 2.00 bits per heavy atom. The second-order valence-electron chi connectivity index (χ2n) is 9.08. The van der Waals surface area contributed by atoms with Gasteiger partial charge in [0.15, 0.2) is 0 Å². The van der Waals surface area contributed by atoms with Crippen molar-refractivity contribution in [3.8, 4) is 0 Å². The Morgan fingerprint density at radius 1 is 1.21 bits per heavy atom. The van der Waals surface area contributed by atoms with Gasteiger partial charge in [-0.3, -0.25) is 9.69 Å². The smallest absolute Gasteiger partial charge is 0.226 e. The van der Waals surface area contributed by atoms with E-state index in [9.17, 15) is 9.90 Å². The van der Waals surface area contributed by atoms with Gasteiger partial charge in [0.05, 0.1) is 24.2 Å². The number of ether oxygens (including phenoxy) is 1. The van der Waals surface area contributed by atoms with Gasteiger partial charge in [-0.15, -0.1) is 0 Å². The number of rotatable bonds is 5. The summed E-state index contributed by atoms with van der Waals surface area (Å²) < 4.78 is 5.37. The number of hydrogen-bond donors (Lipinski definition) is 2. The van der Waals surface area contributed by atoms with E-state index >= 15 is 0 Å². The zero-order valence-electron chi connectivity index (χ0n) is 15.0. The maximum atomic E-state index is 13.1. The molecule has 5 nitrogen and oxygen atoms in total. The molecule has 2 N–H and O–H groups in total. The van der Waals surface area contributed by atoms with Gasteiger partial charge in [0, 0.05) is 26.2 Å². The van der Waals surface area contributed by atoms with Crippen LogP contribution < -0.4 is 5.32 Å². The number of aliphatic hydroxyl groups is 1. The van der Waals surface area contributed by atoms with E-state index in [0.29, 0.717) is 18.9 Å². The number of nitrogens with one attached hydrogen (secondary N) is 1. The molecule has 4 atom stereocenters. The molecular formula is C19H32N2O3. The lowest BCUT2D eigenvalue weighted by atomic mass is 9.42. The minimum Gasteiger partial charge on any atom is -0.390 e. The third-order valence-corrected chi connectivity index (χ3v) is 7.20. The molecule has 4 bridgehead atoms. The lowest BCUT2D eigenvalue weighted by Gasteiger charge is -2.64. The first-order valence-electron chi connectivity index (χ1n) is 9.77. The van der Waals surface area contributed by atoms with E-state index in [0.717, 1.165) is 65.0 Å². The van der Waals surface area contributed by atoms with Crippen LogP contribution in [0.25, 0.3) is 0 Å². The highest BCUT2D eigenvalue weighted by atomic mass is 16.5. The summed E-state index contributed by atoms with van der Waals surface area (Å²) >= 11 is 0. The zero-order chi connectivity index (χ0) is 16.8. The lowest BCUT2D eigenvalue weighted by molar-refractivity contribution is -0.204. The third kappa shape index (κ3) is 2.89. The summed E-state index contributed by atoms with van der Waals surface area (Å²) in [5.41, 5.74) is -0.693. The Morgan fingerprint density at radius 3 is 2.71 bits per heavy atom. The Balaban J connectivity index is 1.40. The topological polar surface area (TPSA) is 61.8 Å². The van der Waals surface area contributed by atoms with E-state index in [2.05, 4.69) is 17.1 Å². The third-order valence-electron chi connectivity index (χ3n) is 7.20. The normalized spacial score (nSPS) is 44.7. The quantitative estimate of drug-likeness (QED) is 0.800. The molecule has 5 fully saturated rings. The summed E-state index contributed by atoms with van der Waals surface area (Å²) in [5, 5.41) is 14.3. The predicted molar refractivity (Wildman–Crippen MR) is 91.6 cm³/mol. The van der Waals surface area contributed by atoms with Crippen molar-refractivity contribution >= 4 is 5.91 Å². The van der Waals surface area contributed by atoms with E-state index in [-0.39, 0.29) is 16.7 Å². The molecule has 0 aromatic carbocycles. The molecule has 1 saturated heterocycles. The van der Waals surface area contributed by atoms with Crippen LogP contribution in [0.15, 0.2) is 0 Å². The highest BCUT2D eigenvalue weighted by Gasteiger charge is 2.64. The van der Waals surface area contributed by atoms with E-state index in [4.69, 9.17) is 4.74 Å². The molecule has 0 spiro atoms. The molecule has 4 aliphatic carbocycles. The summed E-state index contributed by atoms with van der Waals surface area (Å²) in [6.45, 7) is 7.36. The van der Waals surface area contributed by atoms with Crippen LogP contribution in [0.2, 0.25) is 0 Å². The maximum Gasteiger partial charge on any atom is 0.226 e. The van der Waals surface area contributed by atoms with Gasteiger partial charge in [0.25, 0.3) is 0 Å². The summed E-state index contributed by atoms with van der Waals surface area (Å²) in [7, 11) is 0. The van der Waals surface area contributed by atoms with E-state index in [1.807, 2.05) is 0 Å². The Kier molecular flexibility index (Phi) is 4.17. The molecule has 0 aromatic heterocycles. The molecule has 5 aliphatic rings. The van der Waals surface area contributed by atoms with Gasteiger partial charge in [-0.25, -0.2) is 0 Å². The minimum absolute atomic E-state index is 0.204. The lowest BCUT2D eigenvalue weighted by Crippen LogP contribution is -2.64. The van der Waals surface area contributed by atoms with Crippen LogP contribution in [-0.4, -0.2) is 60.9 Å². The average molecular weight is 336 g/mol. The van der Waals surface area contributed by atoms with Gasteiger partial charge in [0.1, 0.15) is 0 Å². The van der Waals surface area contributed by atoms with Gasteiger partial charge < -0.3 is 15.2 Å². The molecule has 24 heavy (non-hydrogen) atoms. The SMILES string of the molecule is CCC12CC3CC(O)(C1)CC(C(=O)NCCN1CCOCC1)(C3)C2. The molecule has 4 saturated carbocycles. The van der Waals surface area contributed by atoms with Crippen molar-refractivity contribution in [3.63, 3.8) is 0 Å². The second-order valence-corrected chi connectivity index (χ2v) is 9.08. The molecule has 1 heterocycles. The van der Waals surface area contributed by atoms with Crippen molar-refractivity contribution in [2.45, 2.75) is 57.5 Å². The molecule has 5 heteroatoms. The number of morpholine rings is 1. The first-order valence-corrected chi connectivity index (χ1v) is 9.77. The average Bonchev–Trinajstić information content (AvgIpc) is 2.53. The van der Waals surface area contributed by atoms with Crippen LogP contribution in [0.4, 0.5) is 0 Å². The number of carbonyl (C=O) groups excluding carboxylic acids is 1. The highest BCUT2D eigenvalue weighted by molar-refractivity contribution is 5.83. The molecule has 4 unspecified atom stereocenters. The Labute approximate surface area is 145 Å². The molecule has 1 aliphatic heterocycles. The van der Waals surface area contributed by atoms with Gasteiger partial charge >= 0.3 is 0 Å². The van der Waals surface area contributed by atoms with Crippen LogP contribution in [0, 0.1) is 16.7 Å². The number of nitrogens with zero attached hydrogens (tertiary/aromatic N) is 1. The number of carbonyl (C=O) groups is 1. The summed E-state index contributed by atoms with van der Waals surface area (Å²) in [5.74, 6) is 0.743. The van der Waals surface area contributed by atoms with Gasteiger partial charge in [-0.1, -0.05) is 13.3 Å². The van der Waals surface area contributed by atoms with Crippen molar-refractivity contribution in [1.82, 2.24) is 10.2 Å². The molecule has 0 radical (unpaired) electrons. The van der Waals surface area contributed by atoms with E-state index in [1.54, 1.807) is 0 Å².